The summed E-state index contributed by atoms with van der Waals surface area (Å²) in [6.45, 7) is 4.60. The summed E-state index contributed by atoms with van der Waals surface area (Å²) in [5.74, 6) is -2.15. The van der Waals surface area contributed by atoms with Crippen molar-refractivity contribution >= 4 is 17.9 Å². The number of hydrogen-bond donors (Lipinski definition) is 1. The maximum Gasteiger partial charge on any atom is 0.361 e. The van der Waals surface area contributed by atoms with Crippen molar-refractivity contribution in [1.29, 1.82) is 0 Å². The number of aliphatic carboxylic acids is 1. The second-order valence-electron chi connectivity index (χ2n) is 14.6. The minimum Gasteiger partial charge on any atom is -0.477 e. The van der Waals surface area contributed by atoms with Crippen LogP contribution in [-0.2, 0) is 33.3 Å². The van der Waals surface area contributed by atoms with E-state index in [0.29, 0.717) is 17.4 Å². The first-order valence-electron chi connectivity index (χ1n) is 20.6. The quantitative estimate of drug-likeness (QED) is 0.0221. The van der Waals surface area contributed by atoms with Crippen LogP contribution in [-0.4, -0.2) is 87.4 Å². The molecule has 0 amide bonds. The minimum atomic E-state index is -1.53. The SMILES string of the molecule is CC/C=C\C/C=C\C/C=C\C/C=C\CCC(=O)OC(COC(=O)CCCCCCC/C=C\C/C=C\CCCCCC)COC(OCC[N+](C)(C)C)C(=O)O. The second kappa shape index (κ2) is 36.7. The number of carboxylic acid groups (broad SMARTS) is 1. The number of allylic oxidation sites excluding steroid dienone is 12. The summed E-state index contributed by atoms with van der Waals surface area (Å²) in [6, 6.07) is 0. The Hall–Kier alpha value is -3.27. The number of rotatable bonds is 36. The number of quaternary nitrogens is 1. The van der Waals surface area contributed by atoms with Crippen LogP contribution in [0, 0.1) is 0 Å². The van der Waals surface area contributed by atoms with Gasteiger partial charge in [0.1, 0.15) is 13.2 Å². The van der Waals surface area contributed by atoms with Crippen molar-refractivity contribution in [3.63, 3.8) is 0 Å². The van der Waals surface area contributed by atoms with Gasteiger partial charge in [-0.25, -0.2) is 4.79 Å². The summed E-state index contributed by atoms with van der Waals surface area (Å²) < 4.78 is 22.5. The predicted octanol–water partition coefficient (Wildman–Crippen LogP) is 10.4. The predicted molar refractivity (Wildman–Crippen MR) is 221 cm³/mol. The maximum atomic E-state index is 12.7. The lowest BCUT2D eigenvalue weighted by molar-refractivity contribution is -0.870. The molecule has 0 heterocycles. The van der Waals surface area contributed by atoms with Crippen molar-refractivity contribution in [3.8, 4) is 0 Å². The Kier molecular flexibility index (Phi) is 34.5. The number of unbranched alkanes of at least 4 members (excludes halogenated alkanes) is 9. The number of esters is 2. The van der Waals surface area contributed by atoms with E-state index < -0.39 is 24.3 Å². The van der Waals surface area contributed by atoms with Crippen LogP contribution in [0.15, 0.2) is 72.9 Å². The lowest BCUT2D eigenvalue weighted by Crippen LogP contribution is -2.40. The Morgan fingerprint density at radius 2 is 1.09 bits per heavy atom. The highest BCUT2D eigenvalue weighted by molar-refractivity contribution is 5.71. The van der Waals surface area contributed by atoms with E-state index in [2.05, 4.69) is 74.6 Å². The van der Waals surface area contributed by atoms with Gasteiger partial charge in [0.25, 0.3) is 6.29 Å². The lowest BCUT2D eigenvalue weighted by Gasteiger charge is -2.25. The van der Waals surface area contributed by atoms with Gasteiger partial charge in [0, 0.05) is 12.8 Å². The van der Waals surface area contributed by atoms with Gasteiger partial charge in [0.2, 0.25) is 0 Å². The molecular formula is C45H76NO8+. The zero-order chi connectivity index (χ0) is 40.0. The van der Waals surface area contributed by atoms with E-state index in [-0.39, 0.29) is 38.6 Å². The molecule has 0 bridgehead atoms. The first kappa shape index (κ1) is 50.7. The van der Waals surface area contributed by atoms with Gasteiger partial charge in [0.15, 0.2) is 6.10 Å². The van der Waals surface area contributed by atoms with Crippen LogP contribution in [0.25, 0.3) is 0 Å². The molecule has 1 N–H and O–H groups in total. The average molecular weight is 759 g/mol. The largest absolute Gasteiger partial charge is 0.477 e. The molecule has 0 aromatic rings. The van der Waals surface area contributed by atoms with Crippen molar-refractivity contribution in [3.05, 3.63) is 72.9 Å². The standard InChI is InChI=1S/C45H75NO8/c1-6-8-10-12-14-16-18-20-21-22-24-25-27-29-31-33-35-42(47)52-39-41(40-53-45(44(49)50)51-38-37-46(3,4)5)54-43(48)36-34-32-30-28-26-23-19-17-15-13-11-9-7-2/h9,11,15-18,21-23,26,30,32,41,45H,6-8,10,12-14,19-20,24-25,27-29,31,33-40H2,1-5H3/p+1/b11-9-,17-15-,18-16-,22-21-,26-23-,32-30-. The van der Waals surface area contributed by atoms with E-state index >= 15 is 0 Å². The van der Waals surface area contributed by atoms with E-state index in [1.807, 2.05) is 33.3 Å². The number of likely N-dealkylation sites (N-methyl/N-ethyl adjacent to an activating group) is 1. The molecular weight excluding hydrogens is 682 g/mol. The lowest BCUT2D eigenvalue weighted by atomic mass is 10.1. The summed E-state index contributed by atoms with van der Waals surface area (Å²) in [7, 11) is 5.91. The van der Waals surface area contributed by atoms with Crippen LogP contribution < -0.4 is 0 Å². The van der Waals surface area contributed by atoms with Crippen LogP contribution in [0.4, 0.5) is 0 Å². The molecule has 2 atom stereocenters. The Balaban J connectivity index is 4.62. The summed E-state index contributed by atoms with van der Waals surface area (Å²) in [5.41, 5.74) is 0. The third-order valence-corrected chi connectivity index (χ3v) is 8.21. The van der Waals surface area contributed by atoms with Gasteiger partial charge < -0.3 is 28.5 Å². The highest BCUT2D eigenvalue weighted by Gasteiger charge is 2.25. The van der Waals surface area contributed by atoms with Crippen molar-refractivity contribution < 1.29 is 42.9 Å². The number of hydrogen-bond acceptors (Lipinski definition) is 7. The Morgan fingerprint density at radius 1 is 0.574 bits per heavy atom. The molecule has 0 aliphatic carbocycles. The van der Waals surface area contributed by atoms with E-state index in [0.717, 1.165) is 70.6 Å². The monoisotopic (exact) mass is 759 g/mol. The van der Waals surface area contributed by atoms with Gasteiger partial charge in [-0.1, -0.05) is 125 Å². The molecule has 9 heteroatoms. The molecule has 0 radical (unpaired) electrons. The van der Waals surface area contributed by atoms with Crippen LogP contribution in [0.2, 0.25) is 0 Å². The van der Waals surface area contributed by atoms with Crippen LogP contribution >= 0.6 is 0 Å². The van der Waals surface area contributed by atoms with E-state index in [4.69, 9.17) is 18.9 Å². The van der Waals surface area contributed by atoms with Crippen molar-refractivity contribution in [1.82, 2.24) is 0 Å². The molecule has 0 spiro atoms. The van der Waals surface area contributed by atoms with Gasteiger partial charge in [-0.2, -0.15) is 0 Å². The molecule has 0 aromatic carbocycles. The summed E-state index contributed by atoms with van der Waals surface area (Å²) in [4.78, 5) is 36.9. The smallest absolute Gasteiger partial charge is 0.361 e. The van der Waals surface area contributed by atoms with Crippen LogP contribution in [0.3, 0.4) is 0 Å². The molecule has 54 heavy (non-hydrogen) atoms. The molecule has 0 rings (SSSR count). The number of ether oxygens (including phenoxy) is 4. The Labute approximate surface area is 328 Å². The van der Waals surface area contributed by atoms with Crippen molar-refractivity contribution in [2.75, 3.05) is 47.5 Å². The maximum absolute atomic E-state index is 12.7. The van der Waals surface area contributed by atoms with Crippen molar-refractivity contribution in [2.45, 2.75) is 148 Å². The molecule has 0 aliphatic heterocycles. The molecule has 308 valence electrons. The van der Waals surface area contributed by atoms with Crippen LogP contribution in [0.1, 0.15) is 136 Å². The highest BCUT2D eigenvalue weighted by Crippen LogP contribution is 2.11. The average Bonchev–Trinajstić information content (AvgIpc) is 3.12. The molecule has 0 saturated heterocycles. The molecule has 0 fully saturated rings. The number of carbonyl (C=O) groups excluding carboxylic acids is 2. The van der Waals surface area contributed by atoms with E-state index in [1.54, 1.807) is 0 Å². The summed E-state index contributed by atoms with van der Waals surface area (Å²) >= 11 is 0. The van der Waals surface area contributed by atoms with E-state index in [9.17, 15) is 19.5 Å². The Morgan fingerprint density at radius 3 is 1.65 bits per heavy atom. The summed E-state index contributed by atoms with van der Waals surface area (Å²) in [5, 5.41) is 9.60. The minimum absolute atomic E-state index is 0.132. The van der Waals surface area contributed by atoms with Gasteiger partial charge in [0.05, 0.1) is 34.4 Å². The summed E-state index contributed by atoms with van der Waals surface area (Å²) in [6.07, 6.45) is 41.2. The third kappa shape index (κ3) is 37.1. The van der Waals surface area contributed by atoms with Crippen molar-refractivity contribution in [2.24, 2.45) is 0 Å². The zero-order valence-corrected chi connectivity index (χ0v) is 34.6. The van der Waals surface area contributed by atoms with Gasteiger partial charge in [-0.05, 0) is 70.6 Å². The fraction of sp³-hybridized carbons (Fsp3) is 0.667. The fourth-order valence-electron chi connectivity index (χ4n) is 4.99. The first-order valence-corrected chi connectivity index (χ1v) is 20.6. The normalized spacial score (nSPS) is 13.7. The molecule has 2 unspecified atom stereocenters. The zero-order valence-electron chi connectivity index (χ0n) is 34.6. The fourth-order valence-corrected chi connectivity index (χ4v) is 4.99. The van der Waals surface area contributed by atoms with E-state index in [1.165, 1.54) is 32.1 Å². The van der Waals surface area contributed by atoms with Crippen LogP contribution in [0.5, 0.6) is 0 Å². The second-order valence-corrected chi connectivity index (χ2v) is 14.6. The number of carbonyl (C=O) groups is 3. The molecule has 0 aromatic heterocycles. The number of carboxylic acids is 1. The first-order chi connectivity index (χ1) is 26.1. The van der Waals surface area contributed by atoms with Gasteiger partial charge >= 0.3 is 17.9 Å². The topological polar surface area (TPSA) is 108 Å². The van der Waals surface area contributed by atoms with Gasteiger partial charge in [-0.15, -0.1) is 0 Å². The Bertz CT molecular complexity index is 1120. The molecule has 9 nitrogen and oxygen atoms in total. The van der Waals surface area contributed by atoms with Gasteiger partial charge in [-0.3, -0.25) is 9.59 Å². The third-order valence-electron chi connectivity index (χ3n) is 8.21. The number of nitrogens with zero attached hydrogens (tertiary/aromatic N) is 1. The molecule has 0 aliphatic rings. The molecule has 0 saturated carbocycles. The highest BCUT2D eigenvalue weighted by atomic mass is 16.7.